The first kappa shape index (κ1) is 15.5. The molecule has 1 saturated heterocycles. The zero-order valence-corrected chi connectivity index (χ0v) is 14.2. The summed E-state index contributed by atoms with van der Waals surface area (Å²) in [7, 11) is 0. The standard InChI is InChI=1S/C19H25N3O2/c1-14-12-17(14)18-7-5-16(24-18)6-8-19(23)22-11-2-4-15(22)13-21-10-3-9-20-21/h3,5,7,9-10,14-15,17H,2,4,6,8,11-13H2,1H3/t14-,15-,17+/m1/s1. The van der Waals surface area contributed by atoms with Crippen LogP contribution >= 0.6 is 0 Å². The number of likely N-dealkylation sites (tertiary alicyclic amines) is 1. The Bertz CT molecular complexity index is 691. The smallest absolute Gasteiger partial charge is 0.223 e. The lowest BCUT2D eigenvalue weighted by Crippen LogP contribution is -2.38. The first-order valence-corrected chi connectivity index (χ1v) is 9.06. The fraction of sp³-hybridized carbons (Fsp3) is 0.579. The van der Waals surface area contributed by atoms with Crippen LogP contribution < -0.4 is 0 Å². The lowest BCUT2D eigenvalue weighted by Gasteiger charge is -2.24. The van der Waals surface area contributed by atoms with Gasteiger partial charge >= 0.3 is 0 Å². The van der Waals surface area contributed by atoms with Gasteiger partial charge in [-0.25, -0.2) is 0 Å². The molecule has 128 valence electrons. The van der Waals surface area contributed by atoms with E-state index in [-0.39, 0.29) is 11.9 Å². The molecule has 0 unspecified atom stereocenters. The molecular formula is C19H25N3O2. The summed E-state index contributed by atoms with van der Waals surface area (Å²) in [6.07, 6.45) is 8.36. The number of hydrogen-bond acceptors (Lipinski definition) is 3. The maximum atomic E-state index is 12.6. The zero-order valence-electron chi connectivity index (χ0n) is 14.2. The first-order valence-electron chi connectivity index (χ1n) is 9.06. The van der Waals surface area contributed by atoms with Crippen LogP contribution in [0.4, 0.5) is 0 Å². The summed E-state index contributed by atoms with van der Waals surface area (Å²) in [6.45, 7) is 3.92. The van der Waals surface area contributed by atoms with Gasteiger partial charge in [-0.3, -0.25) is 9.48 Å². The third kappa shape index (κ3) is 3.25. The fourth-order valence-electron chi connectivity index (χ4n) is 3.80. The summed E-state index contributed by atoms with van der Waals surface area (Å²) in [5.41, 5.74) is 0. The molecule has 1 aliphatic carbocycles. The number of aromatic nitrogens is 2. The molecule has 0 bridgehead atoms. The van der Waals surface area contributed by atoms with Gasteiger partial charge in [0.2, 0.25) is 5.91 Å². The highest BCUT2D eigenvalue weighted by molar-refractivity contribution is 5.77. The summed E-state index contributed by atoms with van der Waals surface area (Å²) in [5.74, 6) is 3.63. The van der Waals surface area contributed by atoms with Gasteiger partial charge in [0.1, 0.15) is 11.5 Å². The number of amides is 1. The minimum atomic E-state index is 0.238. The van der Waals surface area contributed by atoms with Crippen LogP contribution in [0.25, 0.3) is 0 Å². The van der Waals surface area contributed by atoms with Crippen molar-refractivity contribution < 1.29 is 9.21 Å². The first-order chi connectivity index (χ1) is 11.7. The topological polar surface area (TPSA) is 51.3 Å². The van der Waals surface area contributed by atoms with Crippen LogP contribution in [0.1, 0.15) is 50.0 Å². The monoisotopic (exact) mass is 327 g/mol. The molecule has 2 aromatic heterocycles. The summed E-state index contributed by atoms with van der Waals surface area (Å²) >= 11 is 0. The van der Waals surface area contributed by atoms with Crippen LogP contribution in [-0.2, 0) is 17.8 Å². The molecule has 2 aliphatic rings. The van der Waals surface area contributed by atoms with Crippen LogP contribution in [0.2, 0.25) is 0 Å². The summed E-state index contributed by atoms with van der Waals surface area (Å²) in [6, 6.07) is 6.33. The molecule has 1 amide bonds. The highest BCUT2D eigenvalue weighted by Crippen LogP contribution is 2.47. The van der Waals surface area contributed by atoms with E-state index in [4.69, 9.17) is 4.42 Å². The Kier molecular flexibility index (Phi) is 4.17. The number of carbonyl (C=O) groups is 1. The molecule has 5 heteroatoms. The minimum Gasteiger partial charge on any atom is -0.466 e. The molecule has 2 fully saturated rings. The van der Waals surface area contributed by atoms with Crippen molar-refractivity contribution in [3.05, 3.63) is 42.1 Å². The molecule has 3 atom stereocenters. The molecule has 1 aliphatic heterocycles. The van der Waals surface area contributed by atoms with Gasteiger partial charge in [0.05, 0.1) is 12.6 Å². The third-order valence-electron chi connectivity index (χ3n) is 5.40. The van der Waals surface area contributed by atoms with Crippen molar-refractivity contribution in [2.75, 3.05) is 6.54 Å². The number of rotatable bonds is 6. The number of hydrogen-bond donors (Lipinski definition) is 0. The maximum absolute atomic E-state index is 12.6. The number of carbonyl (C=O) groups excluding carboxylic acids is 1. The second-order valence-corrected chi connectivity index (χ2v) is 7.23. The van der Waals surface area contributed by atoms with Gasteiger partial charge in [0.15, 0.2) is 0 Å². The maximum Gasteiger partial charge on any atom is 0.223 e. The molecule has 0 radical (unpaired) electrons. The predicted octanol–water partition coefficient (Wildman–Crippen LogP) is 3.22. The fourth-order valence-corrected chi connectivity index (χ4v) is 3.80. The predicted molar refractivity (Wildman–Crippen MR) is 90.5 cm³/mol. The summed E-state index contributed by atoms with van der Waals surface area (Å²) in [4.78, 5) is 14.7. The van der Waals surface area contributed by atoms with Crippen molar-refractivity contribution in [2.45, 2.75) is 57.5 Å². The van der Waals surface area contributed by atoms with Crippen molar-refractivity contribution in [1.82, 2.24) is 14.7 Å². The molecule has 24 heavy (non-hydrogen) atoms. The van der Waals surface area contributed by atoms with E-state index in [9.17, 15) is 4.79 Å². The van der Waals surface area contributed by atoms with Crippen molar-refractivity contribution in [2.24, 2.45) is 5.92 Å². The molecule has 0 spiro atoms. The van der Waals surface area contributed by atoms with E-state index >= 15 is 0 Å². The van der Waals surface area contributed by atoms with E-state index in [0.717, 1.165) is 43.4 Å². The quantitative estimate of drug-likeness (QED) is 0.818. The normalized spacial score (nSPS) is 26.0. The van der Waals surface area contributed by atoms with Gasteiger partial charge in [-0.2, -0.15) is 5.10 Å². The van der Waals surface area contributed by atoms with Gasteiger partial charge in [-0.1, -0.05) is 6.92 Å². The van der Waals surface area contributed by atoms with Gasteiger partial charge < -0.3 is 9.32 Å². The summed E-state index contributed by atoms with van der Waals surface area (Å²) < 4.78 is 7.84. The molecule has 3 heterocycles. The molecule has 0 aromatic carbocycles. The van der Waals surface area contributed by atoms with Crippen LogP contribution in [0.5, 0.6) is 0 Å². The Morgan fingerprint density at radius 1 is 1.42 bits per heavy atom. The van der Waals surface area contributed by atoms with E-state index in [1.807, 2.05) is 27.9 Å². The highest BCUT2D eigenvalue weighted by Gasteiger charge is 2.36. The lowest BCUT2D eigenvalue weighted by molar-refractivity contribution is -0.132. The third-order valence-corrected chi connectivity index (χ3v) is 5.40. The summed E-state index contributed by atoms with van der Waals surface area (Å²) in [5, 5.41) is 4.26. The Labute approximate surface area is 142 Å². The highest BCUT2D eigenvalue weighted by atomic mass is 16.3. The van der Waals surface area contributed by atoms with E-state index < -0.39 is 0 Å². The van der Waals surface area contributed by atoms with E-state index in [1.165, 1.54) is 6.42 Å². The molecule has 2 aromatic rings. The zero-order chi connectivity index (χ0) is 16.5. The second kappa shape index (κ2) is 6.46. The van der Waals surface area contributed by atoms with Gasteiger partial charge in [-0.05, 0) is 43.4 Å². The van der Waals surface area contributed by atoms with Crippen molar-refractivity contribution in [1.29, 1.82) is 0 Å². The lowest BCUT2D eigenvalue weighted by atomic mass is 10.2. The van der Waals surface area contributed by atoms with Crippen LogP contribution in [-0.4, -0.2) is 33.2 Å². The second-order valence-electron chi connectivity index (χ2n) is 7.23. The van der Waals surface area contributed by atoms with E-state index in [2.05, 4.69) is 18.1 Å². The van der Waals surface area contributed by atoms with Gasteiger partial charge in [0, 0.05) is 37.7 Å². The van der Waals surface area contributed by atoms with Crippen molar-refractivity contribution >= 4 is 5.91 Å². The van der Waals surface area contributed by atoms with Crippen molar-refractivity contribution in [3.63, 3.8) is 0 Å². The average Bonchev–Trinajstić information content (AvgIpc) is 3.08. The van der Waals surface area contributed by atoms with Gasteiger partial charge in [0.25, 0.3) is 0 Å². The van der Waals surface area contributed by atoms with E-state index in [0.29, 0.717) is 18.8 Å². The molecule has 0 N–H and O–H groups in total. The number of aryl methyl sites for hydroxylation is 1. The average molecular weight is 327 g/mol. The molecule has 5 nitrogen and oxygen atoms in total. The molecular weight excluding hydrogens is 302 g/mol. The van der Waals surface area contributed by atoms with Crippen LogP contribution in [0, 0.1) is 5.92 Å². The van der Waals surface area contributed by atoms with Gasteiger partial charge in [-0.15, -0.1) is 0 Å². The minimum absolute atomic E-state index is 0.238. The van der Waals surface area contributed by atoms with Crippen molar-refractivity contribution in [3.8, 4) is 0 Å². The van der Waals surface area contributed by atoms with Crippen LogP contribution in [0.15, 0.2) is 35.0 Å². The Morgan fingerprint density at radius 2 is 2.29 bits per heavy atom. The number of nitrogens with zero attached hydrogens (tertiary/aromatic N) is 3. The SMILES string of the molecule is C[C@@H]1C[C@@H]1c1ccc(CCC(=O)N2CCC[C@@H]2Cn2cccn2)o1. The Balaban J connectivity index is 1.31. The Morgan fingerprint density at radius 3 is 3.04 bits per heavy atom. The molecule has 4 rings (SSSR count). The van der Waals surface area contributed by atoms with Crippen LogP contribution in [0.3, 0.4) is 0 Å². The largest absolute Gasteiger partial charge is 0.466 e. The Hall–Kier alpha value is -2.04. The number of furan rings is 1. The molecule has 1 saturated carbocycles. The van der Waals surface area contributed by atoms with E-state index in [1.54, 1.807) is 6.20 Å².